The number of aliphatic hydroxyl groups excluding tert-OH is 1. The Bertz CT molecular complexity index is 1050. The molecule has 1 saturated carbocycles. The fraction of sp³-hybridized carbons (Fsp3) is 0.304. The Morgan fingerprint density at radius 1 is 1.07 bits per heavy atom. The molecule has 2 aromatic rings. The normalized spacial score (nSPS) is 21.4. The van der Waals surface area contributed by atoms with Gasteiger partial charge in [-0.1, -0.05) is 37.1 Å². The smallest absolute Gasteiger partial charge is 0.295 e. The number of benzene rings is 2. The molecule has 0 spiro atoms. The van der Waals surface area contributed by atoms with Crippen molar-refractivity contribution < 1.29 is 19.6 Å². The maximum Gasteiger partial charge on any atom is 0.295 e. The van der Waals surface area contributed by atoms with Crippen LogP contribution in [0.1, 0.15) is 48.4 Å². The number of Topliss-reactive ketones (excluding diaryl/α,β-unsaturated/α-hetero) is 1. The van der Waals surface area contributed by atoms with Gasteiger partial charge in [-0.15, -0.1) is 0 Å². The van der Waals surface area contributed by atoms with Crippen LogP contribution in [0.3, 0.4) is 0 Å². The van der Waals surface area contributed by atoms with E-state index in [2.05, 4.69) is 0 Å². The van der Waals surface area contributed by atoms with Gasteiger partial charge in [-0.3, -0.25) is 19.7 Å². The molecule has 1 N–H and O–H groups in total. The van der Waals surface area contributed by atoms with Crippen molar-refractivity contribution in [1.82, 2.24) is 4.90 Å². The van der Waals surface area contributed by atoms with Crippen molar-refractivity contribution in [1.29, 1.82) is 0 Å². The molecule has 2 aliphatic rings. The summed E-state index contributed by atoms with van der Waals surface area (Å²) >= 11 is 0. The van der Waals surface area contributed by atoms with E-state index in [1.165, 1.54) is 24.3 Å². The number of rotatable bonds is 4. The minimum atomic E-state index is -0.717. The molecular weight excluding hydrogens is 384 g/mol. The molecule has 0 aromatic heterocycles. The SMILES string of the molecule is Cc1ccccc1C1/C(=C(\O)c2ccc([N+](=O)[O-])cc2)C(=O)C(=O)N1C1CCCC1. The maximum atomic E-state index is 13.0. The highest BCUT2D eigenvalue weighted by molar-refractivity contribution is 6.46. The number of likely N-dealkylation sites (tertiary alicyclic amines) is 1. The van der Waals surface area contributed by atoms with Gasteiger partial charge in [-0.25, -0.2) is 0 Å². The van der Waals surface area contributed by atoms with Crippen LogP contribution >= 0.6 is 0 Å². The van der Waals surface area contributed by atoms with Crippen LogP contribution in [0.25, 0.3) is 5.76 Å². The maximum absolute atomic E-state index is 13.0. The van der Waals surface area contributed by atoms with Crippen molar-refractivity contribution in [2.24, 2.45) is 0 Å². The summed E-state index contributed by atoms with van der Waals surface area (Å²) in [4.78, 5) is 38.1. The number of nitro groups is 1. The van der Waals surface area contributed by atoms with Crippen molar-refractivity contribution in [3.8, 4) is 0 Å². The monoisotopic (exact) mass is 406 g/mol. The molecule has 2 aromatic carbocycles. The minimum Gasteiger partial charge on any atom is -0.507 e. The molecule has 0 bridgehead atoms. The van der Waals surface area contributed by atoms with E-state index in [1.807, 2.05) is 31.2 Å². The molecule has 7 heteroatoms. The zero-order valence-corrected chi connectivity index (χ0v) is 16.6. The molecule has 4 rings (SSSR count). The predicted octanol–water partition coefficient (Wildman–Crippen LogP) is 4.27. The number of carbonyl (C=O) groups excluding carboxylic acids is 2. The summed E-state index contributed by atoms with van der Waals surface area (Å²) in [5.41, 5.74) is 1.90. The average molecular weight is 406 g/mol. The van der Waals surface area contributed by atoms with Crippen molar-refractivity contribution in [2.45, 2.75) is 44.7 Å². The summed E-state index contributed by atoms with van der Waals surface area (Å²) in [7, 11) is 0. The lowest BCUT2D eigenvalue weighted by Gasteiger charge is -2.31. The molecule has 7 nitrogen and oxygen atoms in total. The van der Waals surface area contributed by atoms with E-state index in [9.17, 15) is 24.8 Å². The molecule has 1 atom stereocenters. The van der Waals surface area contributed by atoms with Crippen LogP contribution in [0, 0.1) is 17.0 Å². The number of nitro benzene ring substituents is 1. The Balaban J connectivity index is 1.88. The first-order valence-corrected chi connectivity index (χ1v) is 10.0. The Morgan fingerprint density at radius 2 is 1.70 bits per heavy atom. The predicted molar refractivity (Wildman–Crippen MR) is 111 cm³/mol. The zero-order chi connectivity index (χ0) is 21.4. The van der Waals surface area contributed by atoms with E-state index in [1.54, 1.807) is 4.90 Å². The van der Waals surface area contributed by atoms with E-state index in [-0.39, 0.29) is 28.6 Å². The number of aliphatic hydroxyl groups is 1. The van der Waals surface area contributed by atoms with E-state index in [4.69, 9.17) is 0 Å². The molecule has 154 valence electrons. The second-order valence-electron chi connectivity index (χ2n) is 7.81. The van der Waals surface area contributed by atoms with Crippen molar-refractivity contribution in [2.75, 3.05) is 0 Å². The molecule has 1 amide bonds. The summed E-state index contributed by atoms with van der Waals surface area (Å²) in [6, 6.07) is 12.1. The molecule has 30 heavy (non-hydrogen) atoms. The number of hydrogen-bond acceptors (Lipinski definition) is 5. The van der Waals surface area contributed by atoms with Gasteiger partial charge in [0.15, 0.2) is 0 Å². The Hall–Kier alpha value is -3.48. The lowest BCUT2D eigenvalue weighted by atomic mass is 9.92. The summed E-state index contributed by atoms with van der Waals surface area (Å²) in [6.07, 6.45) is 3.65. The molecule has 1 unspecified atom stereocenters. The van der Waals surface area contributed by atoms with E-state index in [0.717, 1.165) is 36.8 Å². The first-order valence-electron chi connectivity index (χ1n) is 10.0. The second kappa shape index (κ2) is 7.74. The number of hydrogen-bond donors (Lipinski definition) is 1. The second-order valence-corrected chi connectivity index (χ2v) is 7.81. The molecule has 0 radical (unpaired) electrons. The Kier molecular flexibility index (Phi) is 5.11. The third-order valence-corrected chi connectivity index (χ3v) is 6.03. The number of ketones is 1. The summed E-state index contributed by atoms with van der Waals surface area (Å²) < 4.78 is 0. The van der Waals surface area contributed by atoms with Gasteiger partial charge in [0.25, 0.3) is 17.4 Å². The third-order valence-electron chi connectivity index (χ3n) is 6.03. The Morgan fingerprint density at radius 3 is 2.30 bits per heavy atom. The van der Waals surface area contributed by atoms with Crippen LogP contribution in [0.5, 0.6) is 0 Å². The lowest BCUT2D eigenvalue weighted by Crippen LogP contribution is -2.37. The van der Waals surface area contributed by atoms with Crippen molar-refractivity contribution in [3.63, 3.8) is 0 Å². The molecule has 1 saturated heterocycles. The van der Waals surface area contributed by atoms with Crippen LogP contribution in [0.2, 0.25) is 0 Å². The van der Waals surface area contributed by atoms with Crippen LogP contribution in [-0.4, -0.2) is 32.7 Å². The van der Waals surface area contributed by atoms with E-state index >= 15 is 0 Å². The van der Waals surface area contributed by atoms with Gasteiger partial charge in [0.05, 0.1) is 16.5 Å². The highest BCUT2D eigenvalue weighted by atomic mass is 16.6. The summed E-state index contributed by atoms with van der Waals surface area (Å²) in [5.74, 6) is -1.62. The lowest BCUT2D eigenvalue weighted by molar-refractivity contribution is -0.384. The standard InChI is InChI=1S/C23H22N2O5/c1-14-6-2-5-9-18(14)20-19(21(26)15-10-12-17(13-11-15)25(29)30)22(27)23(28)24(20)16-7-3-4-8-16/h2,5-6,9-13,16,20,26H,3-4,7-8H2,1H3/b21-19+. The van der Waals surface area contributed by atoms with Gasteiger partial charge in [0, 0.05) is 23.7 Å². The van der Waals surface area contributed by atoms with Gasteiger partial charge in [0.2, 0.25) is 0 Å². The first-order chi connectivity index (χ1) is 14.4. The zero-order valence-electron chi connectivity index (χ0n) is 16.6. The fourth-order valence-corrected chi connectivity index (χ4v) is 4.50. The Labute approximate surface area is 173 Å². The van der Waals surface area contributed by atoms with Crippen LogP contribution in [-0.2, 0) is 9.59 Å². The summed E-state index contributed by atoms with van der Waals surface area (Å²) in [5, 5.41) is 22.0. The number of non-ortho nitro benzene ring substituents is 1. The van der Waals surface area contributed by atoms with Gasteiger partial charge in [-0.2, -0.15) is 0 Å². The van der Waals surface area contributed by atoms with Crippen LogP contribution < -0.4 is 0 Å². The number of carbonyl (C=O) groups is 2. The first kappa shape index (κ1) is 19.8. The van der Waals surface area contributed by atoms with Crippen LogP contribution in [0.4, 0.5) is 5.69 Å². The largest absolute Gasteiger partial charge is 0.507 e. The number of nitrogens with zero attached hydrogens (tertiary/aromatic N) is 2. The average Bonchev–Trinajstić information content (AvgIpc) is 3.35. The molecular formula is C23H22N2O5. The molecule has 1 heterocycles. The highest BCUT2D eigenvalue weighted by Crippen LogP contribution is 2.44. The van der Waals surface area contributed by atoms with Gasteiger partial charge < -0.3 is 10.0 Å². The number of amides is 1. The fourth-order valence-electron chi connectivity index (χ4n) is 4.50. The molecule has 1 aliphatic carbocycles. The topological polar surface area (TPSA) is 101 Å². The minimum absolute atomic E-state index is 0.0371. The van der Waals surface area contributed by atoms with E-state index in [0.29, 0.717) is 0 Å². The third kappa shape index (κ3) is 3.26. The van der Waals surface area contributed by atoms with Crippen LogP contribution in [0.15, 0.2) is 54.1 Å². The quantitative estimate of drug-likeness (QED) is 0.269. The summed E-state index contributed by atoms with van der Waals surface area (Å²) in [6.45, 7) is 1.91. The van der Waals surface area contributed by atoms with Crippen molar-refractivity contribution in [3.05, 3.63) is 80.9 Å². The molecule has 1 aliphatic heterocycles. The van der Waals surface area contributed by atoms with Gasteiger partial charge in [0.1, 0.15) is 5.76 Å². The van der Waals surface area contributed by atoms with Gasteiger partial charge in [-0.05, 0) is 43.0 Å². The van der Waals surface area contributed by atoms with E-state index < -0.39 is 22.7 Å². The van der Waals surface area contributed by atoms with Crippen molar-refractivity contribution >= 4 is 23.1 Å². The number of aryl methyl sites for hydroxylation is 1. The molecule has 2 fully saturated rings. The highest BCUT2D eigenvalue weighted by Gasteiger charge is 2.49. The van der Waals surface area contributed by atoms with Gasteiger partial charge >= 0.3 is 0 Å².